The lowest BCUT2D eigenvalue weighted by Gasteiger charge is -2.22. The van der Waals surface area contributed by atoms with E-state index in [0.717, 1.165) is 16.3 Å². The summed E-state index contributed by atoms with van der Waals surface area (Å²) in [6, 6.07) is 14.1. The number of rotatable bonds is 2. The Hall–Kier alpha value is -2.03. The van der Waals surface area contributed by atoms with Gasteiger partial charge >= 0.3 is 6.09 Å². The Morgan fingerprint density at radius 1 is 1.10 bits per heavy atom. The van der Waals surface area contributed by atoms with E-state index in [1.54, 1.807) is 0 Å². The maximum absolute atomic E-state index is 11.8. The highest BCUT2D eigenvalue weighted by atomic mass is 16.6. The third-order valence-electron chi connectivity index (χ3n) is 3.02. The molecule has 2 rings (SSSR count). The van der Waals surface area contributed by atoms with Crippen LogP contribution >= 0.6 is 0 Å². The van der Waals surface area contributed by atoms with Crippen molar-refractivity contribution in [1.82, 2.24) is 5.32 Å². The van der Waals surface area contributed by atoms with Crippen LogP contribution in [0, 0.1) is 0 Å². The first kappa shape index (κ1) is 14.4. The summed E-state index contributed by atoms with van der Waals surface area (Å²) >= 11 is 0. The van der Waals surface area contributed by atoms with Crippen LogP contribution in [0.5, 0.6) is 0 Å². The number of fused-ring (bicyclic) bond motifs is 1. The third-order valence-corrected chi connectivity index (χ3v) is 3.02. The second kappa shape index (κ2) is 5.53. The first-order chi connectivity index (χ1) is 9.37. The van der Waals surface area contributed by atoms with Gasteiger partial charge in [-0.15, -0.1) is 0 Å². The molecule has 20 heavy (non-hydrogen) atoms. The average Bonchev–Trinajstić information content (AvgIpc) is 2.35. The molecular formula is C17H21NO2. The Morgan fingerprint density at radius 2 is 1.75 bits per heavy atom. The Morgan fingerprint density at radius 3 is 2.45 bits per heavy atom. The molecule has 0 aliphatic heterocycles. The summed E-state index contributed by atoms with van der Waals surface area (Å²) in [5.74, 6) is 0. The van der Waals surface area contributed by atoms with Gasteiger partial charge < -0.3 is 10.1 Å². The fraction of sp³-hybridized carbons (Fsp3) is 0.353. The molecule has 0 unspecified atom stereocenters. The van der Waals surface area contributed by atoms with E-state index >= 15 is 0 Å². The van der Waals surface area contributed by atoms with Gasteiger partial charge in [0.15, 0.2) is 0 Å². The van der Waals surface area contributed by atoms with Crippen molar-refractivity contribution in [1.29, 1.82) is 0 Å². The molecule has 2 aromatic carbocycles. The summed E-state index contributed by atoms with van der Waals surface area (Å²) < 4.78 is 5.47. The highest BCUT2D eigenvalue weighted by Gasteiger charge is 2.18. The van der Waals surface area contributed by atoms with Crippen LogP contribution in [-0.4, -0.2) is 11.6 Å². The van der Waals surface area contributed by atoms with E-state index in [1.165, 1.54) is 0 Å². The quantitative estimate of drug-likeness (QED) is 0.877. The monoisotopic (exact) mass is 271 g/mol. The standard InChI is InChI=1S/C17H21NO2/c1-12(20-16(19)18-17(2,3)4)14-11-7-9-13-8-5-6-10-15(13)14/h5-12H,1-4H3,(H,18,19)/t12-/m1/s1. The van der Waals surface area contributed by atoms with E-state index < -0.39 is 6.09 Å². The van der Waals surface area contributed by atoms with Crippen molar-refractivity contribution in [2.45, 2.75) is 39.3 Å². The summed E-state index contributed by atoms with van der Waals surface area (Å²) in [6.07, 6.45) is -0.679. The van der Waals surface area contributed by atoms with Gasteiger partial charge in [-0.25, -0.2) is 4.79 Å². The number of hydrogen-bond donors (Lipinski definition) is 1. The predicted octanol–water partition coefficient (Wildman–Crippen LogP) is 4.43. The van der Waals surface area contributed by atoms with Crippen molar-refractivity contribution in [3.8, 4) is 0 Å². The fourth-order valence-corrected chi connectivity index (χ4v) is 2.16. The first-order valence-electron chi connectivity index (χ1n) is 6.83. The number of amides is 1. The number of hydrogen-bond acceptors (Lipinski definition) is 2. The molecular weight excluding hydrogens is 250 g/mol. The van der Waals surface area contributed by atoms with E-state index in [0.29, 0.717) is 0 Å². The molecule has 0 spiro atoms. The lowest BCUT2D eigenvalue weighted by molar-refractivity contribution is 0.101. The zero-order valence-corrected chi connectivity index (χ0v) is 12.4. The zero-order chi connectivity index (χ0) is 14.8. The molecule has 1 atom stereocenters. The average molecular weight is 271 g/mol. The molecule has 0 heterocycles. The second-order valence-corrected chi connectivity index (χ2v) is 5.99. The smallest absolute Gasteiger partial charge is 0.408 e. The van der Waals surface area contributed by atoms with Gasteiger partial charge in [0.2, 0.25) is 0 Å². The molecule has 0 aliphatic carbocycles. The molecule has 0 aromatic heterocycles. The maximum Gasteiger partial charge on any atom is 0.408 e. The molecule has 3 nitrogen and oxygen atoms in total. The van der Waals surface area contributed by atoms with Gasteiger partial charge in [0.1, 0.15) is 6.10 Å². The normalized spacial score (nSPS) is 13.0. The van der Waals surface area contributed by atoms with Crippen molar-refractivity contribution in [3.05, 3.63) is 48.0 Å². The fourth-order valence-electron chi connectivity index (χ4n) is 2.16. The number of benzene rings is 2. The Balaban J connectivity index is 2.20. The summed E-state index contributed by atoms with van der Waals surface area (Å²) in [5, 5.41) is 5.07. The van der Waals surface area contributed by atoms with Gasteiger partial charge in [0.25, 0.3) is 0 Å². The Labute approximate surface area is 119 Å². The molecule has 0 bridgehead atoms. The van der Waals surface area contributed by atoms with Gasteiger partial charge in [-0.05, 0) is 38.5 Å². The molecule has 0 saturated carbocycles. The van der Waals surface area contributed by atoms with E-state index in [1.807, 2.05) is 58.0 Å². The van der Waals surface area contributed by atoms with Crippen molar-refractivity contribution >= 4 is 16.9 Å². The van der Waals surface area contributed by atoms with Crippen LogP contribution in [0.4, 0.5) is 4.79 Å². The van der Waals surface area contributed by atoms with Crippen LogP contribution < -0.4 is 5.32 Å². The van der Waals surface area contributed by atoms with Gasteiger partial charge in [0, 0.05) is 11.1 Å². The number of carbonyl (C=O) groups is 1. The van der Waals surface area contributed by atoms with Crippen molar-refractivity contribution in [2.75, 3.05) is 0 Å². The lowest BCUT2D eigenvalue weighted by atomic mass is 10.0. The molecule has 106 valence electrons. The summed E-state index contributed by atoms with van der Waals surface area (Å²) in [4.78, 5) is 11.8. The van der Waals surface area contributed by atoms with E-state index in [9.17, 15) is 4.79 Å². The first-order valence-corrected chi connectivity index (χ1v) is 6.83. The Bertz CT molecular complexity index is 608. The SMILES string of the molecule is C[C@@H](OC(=O)NC(C)(C)C)c1cccc2ccccc12. The van der Waals surface area contributed by atoms with Crippen LogP contribution in [-0.2, 0) is 4.74 Å². The Kier molecular flexibility index (Phi) is 3.98. The van der Waals surface area contributed by atoms with E-state index in [4.69, 9.17) is 4.74 Å². The molecule has 3 heteroatoms. The van der Waals surface area contributed by atoms with Gasteiger partial charge in [0.05, 0.1) is 0 Å². The minimum atomic E-state index is -0.391. The lowest BCUT2D eigenvalue weighted by Crippen LogP contribution is -2.41. The van der Waals surface area contributed by atoms with E-state index in [-0.39, 0.29) is 11.6 Å². The molecule has 0 fully saturated rings. The topological polar surface area (TPSA) is 38.3 Å². The second-order valence-electron chi connectivity index (χ2n) is 5.99. The highest BCUT2D eigenvalue weighted by molar-refractivity contribution is 5.86. The number of carbonyl (C=O) groups excluding carboxylic acids is 1. The zero-order valence-electron chi connectivity index (χ0n) is 12.4. The molecule has 1 N–H and O–H groups in total. The third kappa shape index (κ3) is 3.50. The van der Waals surface area contributed by atoms with Gasteiger partial charge in [-0.1, -0.05) is 42.5 Å². The van der Waals surface area contributed by atoms with Crippen LogP contribution in [0.1, 0.15) is 39.4 Å². The summed E-state index contributed by atoms with van der Waals surface area (Å²) in [7, 11) is 0. The molecule has 2 aromatic rings. The van der Waals surface area contributed by atoms with Gasteiger partial charge in [-0.3, -0.25) is 0 Å². The van der Waals surface area contributed by atoms with Crippen molar-refractivity contribution in [3.63, 3.8) is 0 Å². The van der Waals surface area contributed by atoms with Gasteiger partial charge in [-0.2, -0.15) is 0 Å². The van der Waals surface area contributed by atoms with E-state index in [2.05, 4.69) is 17.4 Å². The predicted molar refractivity (Wildman–Crippen MR) is 81.7 cm³/mol. The summed E-state index contributed by atoms with van der Waals surface area (Å²) in [6.45, 7) is 7.68. The van der Waals surface area contributed by atoms with Crippen LogP contribution in [0.25, 0.3) is 10.8 Å². The maximum atomic E-state index is 11.8. The van der Waals surface area contributed by atoms with Crippen molar-refractivity contribution < 1.29 is 9.53 Å². The van der Waals surface area contributed by atoms with Crippen LogP contribution in [0.2, 0.25) is 0 Å². The minimum Gasteiger partial charge on any atom is -0.442 e. The molecule has 0 saturated heterocycles. The number of nitrogens with one attached hydrogen (secondary N) is 1. The largest absolute Gasteiger partial charge is 0.442 e. The van der Waals surface area contributed by atoms with Crippen molar-refractivity contribution in [2.24, 2.45) is 0 Å². The van der Waals surface area contributed by atoms with Crippen LogP contribution in [0.15, 0.2) is 42.5 Å². The van der Waals surface area contributed by atoms with Crippen LogP contribution in [0.3, 0.4) is 0 Å². The molecule has 0 aliphatic rings. The molecule has 1 amide bonds. The number of ether oxygens (including phenoxy) is 1. The highest BCUT2D eigenvalue weighted by Crippen LogP contribution is 2.26. The summed E-state index contributed by atoms with van der Waals surface area (Å²) in [5.41, 5.74) is 0.724. The number of alkyl carbamates (subject to hydrolysis) is 1. The minimum absolute atomic E-state index is 0.288. The molecule has 0 radical (unpaired) electrons.